The van der Waals surface area contributed by atoms with Gasteiger partial charge in [-0.1, -0.05) is 0 Å². The Hall–Kier alpha value is -2.17. The average molecular weight is 204 g/mol. The van der Waals surface area contributed by atoms with Crippen molar-refractivity contribution in [1.82, 2.24) is 9.97 Å². The molecule has 15 heavy (non-hydrogen) atoms. The predicted molar refractivity (Wildman–Crippen MR) is 53.0 cm³/mol. The molecule has 0 aliphatic carbocycles. The minimum absolute atomic E-state index is 0.124. The van der Waals surface area contributed by atoms with Crippen LogP contribution in [0.3, 0.4) is 0 Å². The Morgan fingerprint density at radius 3 is 2.87 bits per heavy atom. The number of carboxylic acids is 1. The normalized spacial score (nSPS) is 10.2. The van der Waals surface area contributed by atoms with E-state index in [-0.39, 0.29) is 5.56 Å². The zero-order valence-electron chi connectivity index (χ0n) is 7.97. The molecule has 0 spiro atoms. The molecule has 0 aromatic carbocycles. The number of hydrogen-bond donors (Lipinski definition) is 1. The second kappa shape index (κ2) is 3.53. The second-order valence-electron chi connectivity index (χ2n) is 2.91. The van der Waals surface area contributed by atoms with Gasteiger partial charge in [-0.15, -0.1) is 0 Å². The standard InChI is InChI=1S/C10H8N2O3/c1-15-9-6-2-3-11-4-7(6)8(5-12-9)10(13)14/h2-5H,1H3,(H,13,14). The first-order chi connectivity index (χ1) is 7.24. The maximum atomic E-state index is 10.9. The molecule has 0 bridgehead atoms. The van der Waals surface area contributed by atoms with Gasteiger partial charge in [-0.2, -0.15) is 0 Å². The first kappa shape index (κ1) is 9.39. The van der Waals surface area contributed by atoms with E-state index in [0.717, 1.165) is 0 Å². The number of ether oxygens (including phenoxy) is 1. The van der Waals surface area contributed by atoms with Gasteiger partial charge in [0.1, 0.15) is 0 Å². The summed E-state index contributed by atoms with van der Waals surface area (Å²) in [6.45, 7) is 0. The molecule has 0 fully saturated rings. The number of hydrogen-bond acceptors (Lipinski definition) is 4. The number of methoxy groups -OCH3 is 1. The van der Waals surface area contributed by atoms with E-state index in [4.69, 9.17) is 9.84 Å². The van der Waals surface area contributed by atoms with Crippen molar-refractivity contribution < 1.29 is 14.6 Å². The van der Waals surface area contributed by atoms with Crippen molar-refractivity contribution in [2.45, 2.75) is 0 Å². The Morgan fingerprint density at radius 2 is 2.20 bits per heavy atom. The lowest BCUT2D eigenvalue weighted by Crippen LogP contribution is -2.00. The topological polar surface area (TPSA) is 72.3 Å². The molecule has 2 aromatic heterocycles. The molecular formula is C10H8N2O3. The van der Waals surface area contributed by atoms with Crippen molar-refractivity contribution >= 4 is 16.7 Å². The Bertz CT molecular complexity index is 525. The molecule has 1 N–H and O–H groups in total. The number of fused-ring (bicyclic) bond motifs is 1. The van der Waals surface area contributed by atoms with Gasteiger partial charge >= 0.3 is 5.97 Å². The van der Waals surface area contributed by atoms with Gasteiger partial charge in [0, 0.05) is 29.4 Å². The first-order valence-corrected chi connectivity index (χ1v) is 4.24. The monoisotopic (exact) mass is 204 g/mol. The summed E-state index contributed by atoms with van der Waals surface area (Å²) in [5, 5.41) is 10.1. The van der Waals surface area contributed by atoms with E-state index in [1.165, 1.54) is 19.5 Å². The van der Waals surface area contributed by atoms with Crippen molar-refractivity contribution in [3.63, 3.8) is 0 Å². The number of aromatic carboxylic acids is 1. The summed E-state index contributed by atoms with van der Waals surface area (Å²) < 4.78 is 5.03. The largest absolute Gasteiger partial charge is 0.481 e. The van der Waals surface area contributed by atoms with Crippen molar-refractivity contribution in [3.05, 3.63) is 30.2 Å². The van der Waals surface area contributed by atoms with Gasteiger partial charge in [0.25, 0.3) is 0 Å². The van der Waals surface area contributed by atoms with Crippen molar-refractivity contribution in [2.75, 3.05) is 7.11 Å². The lowest BCUT2D eigenvalue weighted by molar-refractivity contribution is 0.0698. The smallest absolute Gasteiger partial charge is 0.337 e. The third-order valence-corrected chi connectivity index (χ3v) is 2.08. The summed E-state index contributed by atoms with van der Waals surface area (Å²) in [6, 6.07) is 1.67. The van der Waals surface area contributed by atoms with Gasteiger partial charge in [0.05, 0.1) is 12.7 Å². The summed E-state index contributed by atoms with van der Waals surface area (Å²) >= 11 is 0. The third-order valence-electron chi connectivity index (χ3n) is 2.08. The number of pyridine rings is 2. The molecule has 0 unspecified atom stereocenters. The summed E-state index contributed by atoms with van der Waals surface area (Å²) in [5.74, 6) is -0.624. The molecule has 2 rings (SSSR count). The lowest BCUT2D eigenvalue weighted by atomic mass is 10.1. The molecule has 0 aliphatic rings. The molecule has 2 aromatic rings. The molecule has 0 aliphatic heterocycles. The highest BCUT2D eigenvalue weighted by Crippen LogP contribution is 2.24. The highest BCUT2D eigenvalue weighted by Gasteiger charge is 2.12. The van der Waals surface area contributed by atoms with Crippen LogP contribution >= 0.6 is 0 Å². The zero-order valence-corrected chi connectivity index (χ0v) is 7.97. The molecule has 5 nitrogen and oxygen atoms in total. The van der Waals surface area contributed by atoms with Gasteiger partial charge in [0.2, 0.25) is 5.88 Å². The van der Waals surface area contributed by atoms with Crippen LogP contribution in [0, 0.1) is 0 Å². The summed E-state index contributed by atoms with van der Waals surface area (Å²) in [7, 11) is 1.49. The summed E-state index contributed by atoms with van der Waals surface area (Å²) in [5.41, 5.74) is 0.124. The van der Waals surface area contributed by atoms with Gasteiger partial charge in [-0.3, -0.25) is 4.98 Å². The van der Waals surface area contributed by atoms with E-state index < -0.39 is 5.97 Å². The van der Waals surface area contributed by atoms with Crippen molar-refractivity contribution in [3.8, 4) is 5.88 Å². The summed E-state index contributed by atoms with van der Waals surface area (Å²) in [4.78, 5) is 18.7. The van der Waals surface area contributed by atoms with Crippen molar-refractivity contribution in [1.29, 1.82) is 0 Å². The van der Waals surface area contributed by atoms with E-state index in [1.807, 2.05) is 0 Å². The van der Waals surface area contributed by atoms with E-state index in [2.05, 4.69) is 9.97 Å². The van der Waals surface area contributed by atoms with Gasteiger partial charge in [-0.25, -0.2) is 9.78 Å². The summed E-state index contributed by atoms with van der Waals surface area (Å²) in [6.07, 6.45) is 4.33. The number of aromatic nitrogens is 2. The lowest BCUT2D eigenvalue weighted by Gasteiger charge is -2.05. The van der Waals surface area contributed by atoms with Crippen LogP contribution in [0.4, 0.5) is 0 Å². The van der Waals surface area contributed by atoms with Gasteiger partial charge in [0.15, 0.2) is 0 Å². The van der Waals surface area contributed by atoms with Gasteiger partial charge < -0.3 is 9.84 Å². The molecule has 5 heteroatoms. The molecular weight excluding hydrogens is 196 g/mol. The Labute approximate surface area is 85.4 Å². The number of rotatable bonds is 2. The average Bonchev–Trinajstić information content (AvgIpc) is 2.27. The van der Waals surface area contributed by atoms with Crippen LogP contribution in [0.2, 0.25) is 0 Å². The quantitative estimate of drug-likeness (QED) is 0.799. The Balaban J connectivity index is 2.83. The van der Waals surface area contributed by atoms with E-state index in [9.17, 15) is 4.79 Å². The fourth-order valence-corrected chi connectivity index (χ4v) is 1.39. The van der Waals surface area contributed by atoms with Crippen LogP contribution in [0.5, 0.6) is 5.88 Å². The van der Waals surface area contributed by atoms with E-state index >= 15 is 0 Å². The fraction of sp³-hybridized carbons (Fsp3) is 0.100. The van der Waals surface area contributed by atoms with Crippen molar-refractivity contribution in [2.24, 2.45) is 0 Å². The van der Waals surface area contributed by atoms with Crippen LogP contribution in [0.25, 0.3) is 10.8 Å². The van der Waals surface area contributed by atoms with Crippen LogP contribution in [-0.4, -0.2) is 28.2 Å². The maximum absolute atomic E-state index is 10.9. The highest BCUT2D eigenvalue weighted by molar-refractivity contribution is 6.04. The first-order valence-electron chi connectivity index (χ1n) is 4.24. The van der Waals surface area contributed by atoms with Crippen LogP contribution < -0.4 is 4.74 Å². The third kappa shape index (κ3) is 1.48. The SMILES string of the molecule is COc1ncc(C(=O)O)c2cnccc12. The Kier molecular flexibility index (Phi) is 2.21. The molecule has 0 atom stereocenters. The predicted octanol–water partition coefficient (Wildman–Crippen LogP) is 1.34. The van der Waals surface area contributed by atoms with Crippen LogP contribution in [0.1, 0.15) is 10.4 Å². The minimum atomic E-state index is -1.02. The van der Waals surface area contributed by atoms with E-state index in [1.54, 1.807) is 12.3 Å². The molecule has 76 valence electrons. The molecule has 0 saturated carbocycles. The number of carboxylic acid groups (broad SMARTS) is 1. The molecule has 0 radical (unpaired) electrons. The number of nitrogens with zero attached hydrogens (tertiary/aromatic N) is 2. The maximum Gasteiger partial charge on any atom is 0.337 e. The van der Waals surface area contributed by atoms with Crippen LogP contribution in [0.15, 0.2) is 24.7 Å². The minimum Gasteiger partial charge on any atom is -0.481 e. The second-order valence-corrected chi connectivity index (χ2v) is 2.91. The van der Waals surface area contributed by atoms with Crippen LogP contribution in [-0.2, 0) is 0 Å². The zero-order chi connectivity index (χ0) is 10.8. The highest BCUT2D eigenvalue weighted by atomic mass is 16.5. The fourth-order valence-electron chi connectivity index (χ4n) is 1.39. The number of carbonyl (C=O) groups is 1. The molecule has 0 amide bonds. The molecule has 0 saturated heterocycles. The molecule has 2 heterocycles. The van der Waals surface area contributed by atoms with E-state index in [0.29, 0.717) is 16.7 Å². The van der Waals surface area contributed by atoms with Gasteiger partial charge in [-0.05, 0) is 6.07 Å². The Morgan fingerprint density at radius 1 is 1.40 bits per heavy atom.